The predicted molar refractivity (Wildman–Crippen MR) is 140 cm³/mol. The van der Waals surface area contributed by atoms with Crippen molar-refractivity contribution in [2.45, 2.75) is 20.3 Å². The van der Waals surface area contributed by atoms with Crippen molar-refractivity contribution in [1.82, 2.24) is 0 Å². The smallest absolute Gasteiger partial charge is 0.104 e. The first-order valence-electron chi connectivity index (χ1n) is 11.7. The molecule has 0 atom stereocenters. The van der Waals surface area contributed by atoms with Gasteiger partial charge in [-0.3, -0.25) is 0 Å². The van der Waals surface area contributed by atoms with Gasteiger partial charge in [0, 0.05) is 0 Å². The summed E-state index contributed by atoms with van der Waals surface area (Å²) in [5.74, 6) is 0.902. The van der Waals surface area contributed by atoms with Gasteiger partial charge in [-0.2, -0.15) is 0 Å². The minimum absolute atomic E-state index is 0. The maximum atomic E-state index is 9.49. The second kappa shape index (κ2) is 12.4. The van der Waals surface area contributed by atoms with Crippen molar-refractivity contribution in [2.75, 3.05) is 13.2 Å². The number of halogens is 2. The van der Waals surface area contributed by atoms with Crippen LogP contribution < -0.4 is 29.6 Å². The Hall–Kier alpha value is -2.16. The van der Waals surface area contributed by atoms with E-state index in [1.54, 1.807) is 24.2 Å². The van der Waals surface area contributed by atoms with Gasteiger partial charge in [-0.1, -0.05) is 112 Å². The van der Waals surface area contributed by atoms with Crippen LogP contribution in [0, 0.1) is 0 Å². The van der Waals surface area contributed by atoms with Crippen molar-refractivity contribution in [2.24, 2.45) is 0 Å². The number of fused-ring (bicyclic) bond motifs is 6. The molecular weight excluding hydrogens is 566 g/mol. The van der Waals surface area contributed by atoms with Crippen LogP contribution in [0.15, 0.2) is 84.9 Å². The second-order valence-corrected chi connectivity index (χ2v) is 11.3. The largest absolute Gasteiger partial charge is 1.00 e. The Labute approximate surface area is 239 Å². The van der Waals surface area contributed by atoms with Crippen LogP contribution in [0.2, 0.25) is 0 Å². The maximum absolute atomic E-state index is 9.49. The van der Waals surface area contributed by atoms with E-state index < -0.39 is 0 Å². The average Bonchev–Trinajstić information content (AvgIpc) is 3.38. The normalized spacial score (nSPS) is 11.0. The van der Waals surface area contributed by atoms with Crippen LogP contribution in [0.25, 0.3) is 43.8 Å². The summed E-state index contributed by atoms with van der Waals surface area (Å²) in [6, 6.07) is 30.2. The van der Waals surface area contributed by atoms with Crippen LogP contribution in [0.5, 0.6) is 5.75 Å². The Balaban J connectivity index is 0.000000563. The van der Waals surface area contributed by atoms with E-state index in [2.05, 4.69) is 98.8 Å². The molecule has 0 fully saturated rings. The van der Waals surface area contributed by atoms with Gasteiger partial charge in [-0.05, 0) is 34.2 Å². The van der Waals surface area contributed by atoms with E-state index in [1.165, 1.54) is 52.6 Å². The molecule has 2 nitrogen and oxygen atoms in total. The molecule has 5 aromatic carbocycles. The second-order valence-electron chi connectivity index (χ2n) is 8.84. The Morgan fingerprint density at radius 3 is 1.97 bits per heavy atom. The molecule has 1 aliphatic rings. The van der Waals surface area contributed by atoms with Gasteiger partial charge in [0.2, 0.25) is 0 Å². The molecule has 5 heteroatoms. The first kappa shape index (κ1) is 28.4. The summed E-state index contributed by atoms with van der Waals surface area (Å²) in [4.78, 5) is 0. The van der Waals surface area contributed by atoms with Crippen LogP contribution >= 0.6 is 0 Å². The van der Waals surface area contributed by atoms with E-state index in [1.807, 2.05) is 0 Å². The van der Waals surface area contributed by atoms with E-state index in [0.29, 0.717) is 0 Å². The fourth-order valence-corrected chi connectivity index (χ4v) is 5.00. The predicted octanol–water partition coefficient (Wildman–Crippen LogP) is 1.07. The number of aliphatic hydroxyl groups is 1. The van der Waals surface area contributed by atoms with Gasteiger partial charge in [0.05, 0.1) is 12.4 Å². The zero-order chi connectivity index (χ0) is 23.7. The first-order valence-corrected chi connectivity index (χ1v) is 12.9. The van der Waals surface area contributed by atoms with Crippen LogP contribution in [0.1, 0.15) is 25.0 Å². The van der Waals surface area contributed by atoms with Crippen molar-refractivity contribution in [1.29, 1.82) is 0 Å². The number of hydrogen-bond donors (Lipinski definition) is 1. The molecule has 182 valence electrons. The number of ether oxygens (including phenoxy) is 1. The molecule has 6 rings (SSSR count). The van der Waals surface area contributed by atoms with Gasteiger partial charge in [0.25, 0.3) is 0 Å². The fourth-order valence-electron chi connectivity index (χ4n) is 5.00. The van der Waals surface area contributed by atoms with Gasteiger partial charge < -0.3 is 34.7 Å². The van der Waals surface area contributed by atoms with E-state index in [4.69, 9.17) is 4.74 Å². The monoisotopic (exact) mass is 591 g/mol. The van der Waals surface area contributed by atoms with Crippen molar-refractivity contribution >= 4 is 24.8 Å². The van der Waals surface area contributed by atoms with Gasteiger partial charge in [0.15, 0.2) is 0 Å². The number of aliphatic hydroxyl groups excluding tert-OH is 1. The molecule has 1 N–H and O–H groups in total. The molecule has 0 saturated carbocycles. The molecule has 0 bridgehead atoms. The summed E-state index contributed by atoms with van der Waals surface area (Å²) in [5.41, 5.74) is 7.39. The van der Waals surface area contributed by atoms with Crippen LogP contribution in [0.3, 0.4) is 0 Å². The molecule has 36 heavy (non-hydrogen) atoms. The van der Waals surface area contributed by atoms with Gasteiger partial charge in [-0.25, -0.2) is 0 Å². The molecule has 0 unspecified atom stereocenters. The Morgan fingerprint density at radius 1 is 0.806 bits per heavy atom. The third kappa shape index (κ3) is 5.27. The molecule has 0 radical (unpaired) electrons. The average molecular weight is 594 g/mol. The fraction of sp³-hybridized carbons (Fsp3) is 0.161. The van der Waals surface area contributed by atoms with Crippen LogP contribution in [-0.2, 0) is 30.7 Å². The third-order valence-electron chi connectivity index (χ3n) is 6.23. The third-order valence-corrected chi connectivity index (χ3v) is 6.23. The van der Waals surface area contributed by atoms with Gasteiger partial charge in [0.1, 0.15) is 6.61 Å². The summed E-state index contributed by atoms with van der Waals surface area (Å²) in [5, 5.41) is 14.5. The van der Waals surface area contributed by atoms with Crippen molar-refractivity contribution in [3.8, 4) is 28.0 Å². The maximum Gasteiger partial charge on any atom is 0.104 e. The number of benzene rings is 4. The Bertz CT molecular complexity index is 1460. The molecule has 0 saturated heterocycles. The quantitative estimate of drug-likeness (QED) is 0.310. The SMILES string of the molecule is C[C](C)=[Zr+2].OCCOc1c(-[c-]2c3ccccc3c3ccccc32)ccc2c1Cc1ccccc1-2.[Cl-].[Cl-]. The summed E-state index contributed by atoms with van der Waals surface area (Å²) in [6.45, 7) is 4.53. The molecule has 1 aliphatic carbocycles. The van der Waals surface area contributed by atoms with Crippen molar-refractivity contribution in [3.05, 3.63) is 96.1 Å². The molecule has 0 amide bonds. The van der Waals surface area contributed by atoms with E-state index in [0.717, 1.165) is 17.7 Å². The first-order chi connectivity index (χ1) is 16.6. The van der Waals surface area contributed by atoms with Crippen molar-refractivity contribution in [3.63, 3.8) is 0 Å². The Morgan fingerprint density at radius 2 is 1.36 bits per heavy atom. The number of rotatable bonds is 4. The molecule has 0 aromatic heterocycles. The molecule has 0 aliphatic heterocycles. The standard InChI is InChI=1S/C28H21O2.C3H6.2ClH.Zr/c29-15-16-30-28-25(14-13-22-19-8-2-1-7-18(19)17-26(22)28)27-23-11-5-3-9-20(23)21-10-4-6-12-24(21)27;1-3-2;;;/h1-14,29H,15-17H2;1-2H3;2*1H;/q-1;;;;+2/p-2. The summed E-state index contributed by atoms with van der Waals surface area (Å²) in [7, 11) is 0. The zero-order valence-corrected chi connectivity index (χ0v) is 24.3. The van der Waals surface area contributed by atoms with Crippen LogP contribution in [-0.4, -0.2) is 21.5 Å². The van der Waals surface area contributed by atoms with Crippen LogP contribution in [0.4, 0.5) is 0 Å². The minimum atomic E-state index is -0.00143. The summed E-state index contributed by atoms with van der Waals surface area (Å²) < 4.78 is 7.74. The van der Waals surface area contributed by atoms with E-state index >= 15 is 0 Å². The molecular formula is C31H27Cl2O2Zr-. The van der Waals surface area contributed by atoms with E-state index in [-0.39, 0.29) is 38.0 Å². The zero-order valence-electron chi connectivity index (χ0n) is 20.3. The minimum Gasteiger partial charge on any atom is -1.00 e. The molecule has 5 aromatic rings. The van der Waals surface area contributed by atoms with Gasteiger partial charge >= 0.3 is 41.3 Å². The number of hydrogen-bond acceptors (Lipinski definition) is 2. The van der Waals surface area contributed by atoms with Crippen molar-refractivity contribution < 1.29 is 58.9 Å². The topological polar surface area (TPSA) is 29.5 Å². The van der Waals surface area contributed by atoms with E-state index in [9.17, 15) is 5.11 Å². The Kier molecular flexibility index (Phi) is 9.78. The van der Waals surface area contributed by atoms with Gasteiger partial charge in [-0.15, -0.1) is 0 Å². The molecule has 0 spiro atoms. The molecule has 0 heterocycles. The summed E-state index contributed by atoms with van der Waals surface area (Å²) >= 11 is 1.55. The summed E-state index contributed by atoms with van der Waals surface area (Å²) in [6.07, 6.45) is 0.858.